The SMILES string of the molecule is NCc1ccc(S(=O)(=O)N2CCCC2CO)c(Cl)c1. The number of benzene rings is 1. The minimum Gasteiger partial charge on any atom is -0.395 e. The van der Waals surface area contributed by atoms with E-state index in [0.717, 1.165) is 12.0 Å². The molecule has 1 saturated heterocycles. The first-order valence-corrected chi connectivity index (χ1v) is 7.93. The second-order valence-electron chi connectivity index (χ2n) is 4.56. The van der Waals surface area contributed by atoms with Gasteiger partial charge in [0.15, 0.2) is 0 Å². The first kappa shape index (κ1) is 14.7. The van der Waals surface area contributed by atoms with Crippen LogP contribution in [-0.4, -0.2) is 37.0 Å². The van der Waals surface area contributed by atoms with E-state index in [-0.39, 0.29) is 22.6 Å². The minimum atomic E-state index is -3.66. The molecule has 5 nitrogen and oxygen atoms in total. The van der Waals surface area contributed by atoms with Gasteiger partial charge >= 0.3 is 0 Å². The van der Waals surface area contributed by atoms with E-state index in [9.17, 15) is 13.5 Å². The number of nitrogens with zero attached hydrogens (tertiary/aromatic N) is 1. The predicted molar refractivity (Wildman–Crippen MR) is 73.3 cm³/mol. The Morgan fingerprint density at radius 1 is 1.47 bits per heavy atom. The summed E-state index contributed by atoms with van der Waals surface area (Å²) in [6.45, 7) is 0.559. The molecule has 0 aromatic heterocycles. The lowest BCUT2D eigenvalue weighted by Gasteiger charge is -2.23. The molecule has 2 rings (SSSR count). The third-order valence-corrected chi connectivity index (χ3v) is 5.79. The lowest BCUT2D eigenvalue weighted by molar-refractivity contribution is 0.213. The van der Waals surface area contributed by atoms with Crippen molar-refractivity contribution in [3.8, 4) is 0 Å². The third-order valence-electron chi connectivity index (χ3n) is 3.35. The number of sulfonamides is 1. The molecule has 0 radical (unpaired) electrons. The number of aliphatic hydroxyl groups is 1. The summed E-state index contributed by atoms with van der Waals surface area (Å²) in [6, 6.07) is 4.35. The Hall–Kier alpha value is -0.660. The van der Waals surface area contributed by atoms with E-state index in [0.29, 0.717) is 19.5 Å². The normalized spacial score (nSPS) is 20.9. The van der Waals surface area contributed by atoms with Gasteiger partial charge in [0.05, 0.1) is 11.6 Å². The van der Waals surface area contributed by atoms with Crippen molar-refractivity contribution in [3.05, 3.63) is 28.8 Å². The minimum absolute atomic E-state index is 0.0757. The number of rotatable bonds is 4. The summed E-state index contributed by atoms with van der Waals surface area (Å²) >= 11 is 6.04. The highest BCUT2D eigenvalue weighted by Gasteiger charge is 2.35. The molecule has 19 heavy (non-hydrogen) atoms. The zero-order valence-corrected chi connectivity index (χ0v) is 12.0. The Kier molecular flexibility index (Phi) is 4.47. The van der Waals surface area contributed by atoms with Gasteiger partial charge < -0.3 is 10.8 Å². The zero-order valence-electron chi connectivity index (χ0n) is 10.4. The van der Waals surface area contributed by atoms with E-state index in [4.69, 9.17) is 17.3 Å². The largest absolute Gasteiger partial charge is 0.395 e. The molecule has 0 amide bonds. The van der Waals surface area contributed by atoms with E-state index in [1.165, 1.54) is 10.4 Å². The number of nitrogens with two attached hydrogens (primary N) is 1. The molecular weight excluding hydrogens is 288 g/mol. The van der Waals surface area contributed by atoms with Crippen LogP contribution in [0.3, 0.4) is 0 Å². The average molecular weight is 305 g/mol. The number of halogens is 1. The molecule has 1 unspecified atom stereocenters. The van der Waals surface area contributed by atoms with Crippen LogP contribution in [-0.2, 0) is 16.6 Å². The maximum Gasteiger partial charge on any atom is 0.244 e. The van der Waals surface area contributed by atoms with Gasteiger partial charge in [0, 0.05) is 19.1 Å². The Bertz CT molecular complexity index is 562. The molecule has 0 bridgehead atoms. The Balaban J connectivity index is 2.39. The lowest BCUT2D eigenvalue weighted by Crippen LogP contribution is -2.37. The van der Waals surface area contributed by atoms with Crippen LogP contribution in [0.2, 0.25) is 5.02 Å². The number of aliphatic hydroxyl groups excluding tert-OH is 1. The quantitative estimate of drug-likeness (QED) is 0.867. The van der Waals surface area contributed by atoms with Crippen molar-refractivity contribution in [3.63, 3.8) is 0 Å². The molecule has 0 spiro atoms. The second kappa shape index (κ2) is 5.76. The summed E-state index contributed by atoms with van der Waals surface area (Å²) in [5.74, 6) is 0. The van der Waals surface area contributed by atoms with E-state index in [1.807, 2.05) is 0 Å². The van der Waals surface area contributed by atoms with Gasteiger partial charge in [0.25, 0.3) is 0 Å². The summed E-state index contributed by atoms with van der Waals surface area (Å²) in [5.41, 5.74) is 6.27. The molecule has 1 aliphatic rings. The maximum absolute atomic E-state index is 12.5. The first-order chi connectivity index (χ1) is 9.00. The predicted octanol–water partition coefficient (Wildman–Crippen LogP) is 0.944. The van der Waals surface area contributed by atoms with E-state index < -0.39 is 10.0 Å². The standard InChI is InChI=1S/C12H17ClN2O3S/c13-11-6-9(7-14)3-4-12(11)19(17,18)15-5-1-2-10(15)8-16/h3-4,6,10,16H,1-2,5,7-8,14H2. The van der Waals surface area contributed by atoms with Gasteiger partial charge in [0.2, 0.25) is 10.0 Å². The summed E-state index contributed by atoms with van der Waals surface area (Å²) in [5, 5.41) is 9.42. The van der Waals surface area contributed by atoms with Crippen molar-refractivity contribution in [2.75, 3.05) is 13.2 Å². The van der Waals surface area contributed by atoms with Crippen LogP contribution in [0, 0.1) is 0 Å². The van der Waals surface area contributed by atoms with Gasteiger partial charge in [-0.3, -0.25) is 0 Å². The highest BCUT2D eigenvalue weighted by atomic mass is 35.5. The van der Waals surface area contributed by atoms with E-state index >= 15 is 0 Å². The van der Waals surface area contributed by atoms with E-state index in [1.54, 1.807) is 12.1 Å². The first-order valence-electron chi connectivity index (χ1n) is 6.12. The highest BCUT2D eigenvalue weighted by molar-refractivity contribution is 7.89. The van der Waals surface area contributed by atoms with Crippen molar-refractivity contribution in [1.29, 1.82) is 0 Å². The van der Waals surface area contributed by atoms with Crippen molar-refractivity contribution < 1.29 is 13.5 Å². The van der Waals surface area contributed by atoms with Crippen molar-refractivity contribution in [2.45, 2.75) is 30.3 Å². The summed E-state index contributed by atoms with van der Waals surface area (Å²) in [6.07, 6.45) is 1.43. The smallest absolute Gasteiger partial charge is 0.244 e. The Morgan fingerprint density at radius 2 is 2.21 bits per heavy atom. The summed E-state index contributed by atoms with van der Waals surface area (Å²) < 4.78 is 26.4. The third kappa shape index (κ3) is 2.78. The molecular formula is C12H17ClN2O3S. The monoisotopic (exact) mass is 304 g/mol. The van der Waals surface area contributed by atoms with Gasteiger partial charge in [-0.05, 0) is 30.5 Å². The molecule has 1 aromatic carbocycles. The van der Waals surface area contributed by atoms with Crippen LogP contribution < -0.4 is 5.73 Å². The number of hydrogen-bond acceptors (Lipinski definition) is 4. The maximum atomic E-state index is 12.5. The van der Waals surface area contributed by atoms with Crippen LogP contribution in [0.4, 0.5) is 0 Å². The molecule has 3 N–H and O–H groups in total. The van der Waals surface area contributed by atoms with Gasteiger partial charge in [-0.25, -0.2) is 8.42 Å². The van der Waals surface area contributed by atoms with Crippen LogP contribution in [0.5, 0.6) is 0 Å². The van der Waals surface area contributed by atoms with Crippen molar-refractivity contribution in [2.24, 2.45) is 5.73 Å². The number of hydrogen-bond donors (Lipinski definition) is 2. The molecule has 7 heteroatoms. The fourth-order valence-electron chi connectivity index (χ4n) is 2.31. The molecule has 1 heterocycles. The van der Waals surface area contributed by atoms with Crippen LogP contribution in [0.25, 0.3) is 0 Å². The van der Waals surface area contributed by atoms with Gasteiger partial charge in [-0.2, -0.15) is 4.31 Å². The zero-order chi connectivity index (χ0) is 14.0. The van der Waals surface area contributed by atoms with Crippen LogP contribution in [0.15, 0.2) is 23.1 Å². The fourth-order valence-corrected chi connectivity index (χ4v) is 4.54. The van der Waals surface area contributed by atoms with Gasteiger partial charge in [-0.15, -0.1) is 0 Å². The van der Waals surface area contributed by atoms with Crippen LogP contribution in [0.1, 0.15) is 18.4 Å². The molecule has 1 atom stereocenters. The average Bonchev–Trinajstić information content (AvgIpc) is 2.87. The molecule has 1 aliphatic heterocycles. The molecule has 1 aromatic rings. The van der Waals surface area contributed by atoms with Gasteiger partial charge in [-0.1, -0.05) is 17.7 Å². The highest BCUT2D eigenvalue weighted by Crippen LogP contribution is 2.30. The van der Waals surface area contributed by atoms with Crippen molar-refractivity contribution >= 4 is 21.6 Å². The van der Waals surface area contributed by atoms with E-state index in [2.05, 4.69) is 0 Å². The second-order valence-corrected chi connectivity index (χ2v) is 6.83. The Morgan fingerprint density at radius 3 is 2.79 bits per heavy atom. The van der Waals surface area contributed by atoms with Gasteiger partial charge in [0.1, 0.15) is 4.90 Å². The molecule has 106 valence electrons. The fraction of sp³-hybridized carbons (Fsp3) is 0.500. The molecule has 0 aliphatic carbocycles. The van der Waals surface area contributed by atoms with Crippen LogP contribution >= 0.6 is 11.6 Å². The lowest BCUT2D eigenvalue weighted by atomic mass is 10.2. The topological polar surface area (TPSA) is 83.6 Å². The molecule has 0 saturated carbocycles. The molecule has 1 fully saturated rings. The summed E-state index contributed by atoms with van der Waals surface area (Å²) in [7, 11) is -3.66. The summed E-state index contributed by atoms with van der Waals surface area (Å²) in [4.78, 5) is 0.0757. The Labute approximate surface area is 118 Å². The van der Waals surface area contributed by atoms with Crippen molar-refractivity contribution in [1.82, 2.24) is 4.31 Å².